The first kappa shape index (κ1) is 18.3. The van der Waals surface area contributed by atoms with Crippen molar-refractivity contribution in [1.29, 1.82) is 0 Å². The zero-order valence-electron chi connectivity index (χ0n) is 16.5. The average molecular weight is 366 g/mol. The molecule has 2 aliphatic heterocycles. The molecule has 0 spiro atoms. The lowest BCUT2D eigenvalue weighted by Crippen LogP contribution is -2.41. The van der Waals surface area contributed by atoms with E-state index in [-0.39, 0.29) is 24.2 Å². The molecule has 4 rings (SSSR count). The van der Waals surface area contributed by atoms with Gasteiger partial charge >= 0.3 is 7.12 Å². The molecule has 0 aliphatic carbocycles. The summed E-state index contributed by atoms with van der Waals surface area (Å²) in [6.45, 7) is 9.57. The molecule has 1 saturated heterocycles. The van der Waals surface area contributed by atoms with Crippen molar-refractivity contribution in [3.05, 3.63) is 47.6 Å². The van der Waals surface area contributed by atoms with Gasteiger partial charge in [0, 0.05) is 30.2 Å². The largest absolute Gasteiger partial charge is 0.490 e. The molecule has 27 heavy (non-hydrogen) atoms. The summed E-state index contributed by atoms with van der Waals surface area (Å²) in [5, 5.41) is 1.12. The quantitative estimate of drug-likeness (QED) is 0.846. The van der Waals surface area contributed by atoms with E-state index in [1.165, 1.54) is 0 Å². The Morgan fingerprint density at radius 2 is 1.89 bits per heavy atom. The van der Waals surface area contributed by atoms with Crippen molar-refractivity contribution in [2.45, 2.75) is 51.7 Å². The van der Waals surface area contributed by atoms with Gasteiger partial charge in [-0.05, 0) is 51.2 Å². The van der Waals surface area contributed by atoms with E-state index in [1.807, 2.05) is 29.3 Å². The second-order valence-corrected chi connectivity index (χ2v) is 8.49. The minimum absolute atomic E-state index is 0.156. The molecule has 0 atom stereocenters. The van der Waals surface area contributed by atoms with Crippen molar-refractivity contribution in [3.63, 3.8) is 0 Å². The monoisotopic (exact) mass is 366 g/mol. The molecule has 0 unspecified atom stereocenters. The van der Waals surface area contributed by atoms with Crippen LogP contribution in [0.5, 0.6) is 0 Å². The van der Waals surface area contributed by atoms with E-state index in [1.54, 1.807) is 0 Å². The van der Waals surface area contributed by atoms with Crippen molar-refractivity contribution in [2.24, 2.45) is 0 Å². The number of amides is 1. The molecule has 2 aromatic rings. The van der Waals surface area contributed by atoms with Gasteiger partial charge in [-0.2, -0.15) is 0 Å². The Morgan fingerprint density at radius 1 is 1.19 bits per heavy atom. The second-order valence-electron chi connectivity index (χ2n) is 8.49. The van der Waals surface area contributed by atoms with Gasteiger partial charge in [-0.1, -0.05) is 24.3 Å². The van der Waals surface area contributed by atoms with Crippen LogP contribution < -0.4 is 0 Å². The molecule has 0 saturated carbocycles. The van der Waals surface area contributed by atoms with E-state index in [0.717, 1.165) is 28.4 Å². The van der Waals surface area contributed by atoms with Crippen LogP contribution in [-0.2, 0) is 20.5 Å². The number of benzene rings is 1. The number of H-pyrrole nitrogens is 1. The van der Waals surface area contributed by atoms with Crippen LogP contribution in [0.25, 0.3) is 10.9 Å². The van der Waals surface area contributed by atoms with Crippen molar-refractivity contribution < 1.29 is 14.1 Å². The molecule has 1 aromatic carbocycles. The number of rotatable bonds is 3. The third-order valence-electron chi connectivity index (χ3n) is 6.17. The molecule has 142 valence electrons. The maximum absolute atomic E-state index is 12.8. The lowest BCUT2D eigenvalue weighted by atomic mass is 9.74. The number of nitrogens with zero attached hydrogens (tertiary/aromatic N) is 1. The van der Waals surface area contributed by atoms with E-state index in [4.69, 9.17) is 9.31 Å². The van der Waals surface area contributed by atoms with Crippen LogP contribution in [-0.4, -0.2) is 47.2 Å². The molecule has 1 fully saturated rings. The van der Waals surface area contributed by atoms with Crippen LogP contribution in [0.4, 0.5) is 0 Å². The van der Waals surface area contributed by atoms with Gasteiger partial charge in [0.25, 0.3) is 0 Å². The van der Waals surface area contributed by atoms with Crippen molar-refractivity contribution in [3.8, 4) is 0 Å². The maximum atomic E-state index is 12.8. The minimum atomic E-state index is -0.333. The lowest BCUT2D eigenvalue weighted by Gasteiger charge is -2.32. The number of nitrogens with one attached hydrogen (secondary N) is 1. The number of aromatic amines is 1. The molecular weight excluding hydrogens is 339 g/mol. The SMILES string of the molecule is CC1(C)OB(C2=CCN(C(=O)Cc3c[nH]c4ccccc34)CC2)OC1(C)C. The summed E-state index contributed by atoms with van der Waals surface area (Å²) in [4.78, 5) is 17.9. The van der Waals surface area contributed by atoms with Gasteiger partial charge in [0.15, 0.2) is 0 Å². The third-order valence-corrected chi connectivity index (χ3v) is 6.17. The number of carbonyl (C=O) groups is 1. The van der Waals surface area contributed by atoms with Gasteiger partial charge in [-0.3, -0.25) is 4.79 Å². The van der Waals surface area contributed by atoms with Gasteiger partial charge in [0.1, 0.15) is 0 Å². The van der Waals surface area contributed by atoms with Crippen LogP contribution >= 0.6 is 0 Å². The van der Waals surface area contributed by atoms with E-state index < -0.39 is 0 Å². The Balaban J connectivity index is 1.41. The first-order valence-corrected chi connectivity index (χ1v) is 9.64. The van der Waals surface area contributed by atoms with Crippen LogP contribution in [0.1, 0.15) is 39.7 Å². The Labute approximate surface area is 160 Å². The zero-order chi connectivity index (χ0) is 19.2. The highest BCUT2D eigenvalue weighted by molar-refractivity contribution is 6.54. The average Bonchev–Trinajstić information content (AvgIpc) is 3.13. The van der Waals surface area contributed by atoms with E-state index in [9.17, 15) is 4.79 Å². The Hall–Kier alpha value is -2.05. The summed E-state index contributed by atoms with van der Waals surface area (Å²) in [7, 11) is -0.305. The highest BCUT2D eigenvalue weighted by atomic mass is 16.7. The lowest BCUT2D eigenvalue weighted by molar-refractivity contribution is -0.130. The van der Waals surface area contributed by atoms with E-state index in [0.29, 0.717) is 19.5 Å². The summed E-state index contributed by atoms with van der Waals surface area (Å²) < 4.78 is 12.3. The molecule has 2 aliphatic rings. The van der Waals surface area contributed by atoms with E-state index >= 15 is 0 Å². The summed E-state index contributed by atoms with van der Waals surface area (Å²) in [6, 6.07) is 8.09. The van der Waals surface area contributed by atoms with Gasteiger partial charge in [-0.15, -0.1) is 0 Å². The van der Waals surface area contributed by atoms with Crippen molar-refractivity contribution >= 4 is 23.9 Å². The van der Waals surface area contributed by atoms with Gasteiger partial charge in [0.2, 0.25) is 5.91 Å². The zero-order valence-corrected chi connectivity index (χ0v) is 16.5. The second kappa shape index (κ2) is 6.53. The first-order chi connectivity index (χ1) is 12.8. The number of fused-ring (bicyclic) bond motifs is 1. The van der Waals surface area contributed by atoms with Crippen LogP contribution in [0.15, 0.2) is 42.0 Å². The first-order valence-electron chi connectivity index (χ1n) is 9.64. The number of hydrogen-bond acceptors (Lipinski definition) is 3. The molecule has 5 nitrogen and oxygen atoms in total. The molecule has 3 heterocycles. The minimum Gasteiger partial charge on any atom is -0.400 e. The Bertz CT molecular complexity index is 884. The summed E-state index contributed by atoms with van der Waals surface area (Å²) in [5.41, 5.74) is 2.60. The van der Waals surface area contributed by atoms with Crippen LogP contribution in [0.3, 0.4) is 0 Å². The molecule has 1 amide bonds. The van der Waals surface area contributed by atoms with Crippen LogP contribution in [0.2, 0.25) is 0 Å². The smallest absolute Gasteiger partial charge is 0.400 e. The molecule has 1 N–H and O–H groups in total. The summed E-state index contributed by atoms with van der Waals surface area (Å²) >= 11 is 0. The standard InChI is InChI=1S/C21H27BN2O3/c1-20(2)21(3,4)27-22(26-20)16-9-11-24(12-10-16)19(25)13-15-14-23-18-8-6-5-7-17(15)18/h5-9,14,23H,10-13H2,1-4H3. The Kier molecular flexibility index (Phi) is 4.43. The fourth-order valence-corrected chi connectivity index (χ4v) is 3.67. The number of para-hydroxylation sites is 1. The van der Waals surface area contributed by atoms with E-state index in [2.05, 4.69) is 44.8 Å². The molecule has 6 heteroatoms. The normalized spacial score (nSPS) is 21.6. The fourth-order valence-electron chi connectivity index (χ4n) is 3.67. The topological polar surface area (TPSA) is 54.6 Å². The molecule has 0 bridgehead atoms. The van der Waals surface area contributed by atoms with Crippen molar-refractivity contribution in [1.82, 2.24) is 9.88 Å². The summed E-state index contributed by atoms with van der Waals surface area (Å²) in [5.74, 6) is 0.156. The third kappa shape index (κ3) is 3.32. The van der Waals surface area contributed by atoms with Crippen molar-refractivity contribution in [2.75, 3.05) is 13.1 Å². The highest BCUT2D eigenvalue weighted by Crippen LogP contribution is 2.39. The van der Waals surface area contributed by atoms with Gasteiger partial charge in [-0.25, -0.2) is 0 Å². The molecule has 0 radical (unpaired) electrons. The van der Waals surface area contributed by atoms with Gasteiger partial charge in [0.05, 0.1) is 17.6 Å². The number of aromatic nitrogens is 1. The molecular formula is C21H27BN2O3. The molecule has 1 aromatic heterocycles. The fraction of sp³-hybridized carbons (Fsp3) is 0.476. The maximum Gasteiger partial charge on any atom is 0.490 e. The summed E-state index contributed by atoms with van der Waals surface area (Å²) in [6.07, 6.45) is 5.25. The highest BCUT2D eigenvalue weighted by Gasteiger charge is 2.52. The number of hydrogen-bond donors (Lipinski definition) is 1. The Morgan fingerprint density at radius 3 is 2.56 bits per heavy atom. The van der Waals surface area contributed by atoms with Gasteiger partial charge < -0.3 is 19.2 Å². The number of carbonyl (C=O) groups excluding carboxylic acids is 1. The van der Waals surface area contributed by atoms with Crippen LogP contribution in [0, 0.1) is 0 Å². The predicted molar refractivity (Wildman–Crippen MR) is 107 cm³/mol. The predicted octanol–water partition coefficient (Wildman–Crippen LogP) is 3.50.